The molecule has 1 aromatic rings. The third-order valence-electron chi connectivity index (χ3n) is 4.15. The Kier molecular flexibility index (Phi) is 6.52. The van der Waals surface area contributed by atoms with Crippen LogP contribution in [0.5, 0.6) is 0 Å². The highest BCUT2D eigenvalue weighted by Gasteiger charge is 2.32. The number of hydrogen-bond donors (Lipinski definition) is 1. The third-order valence-corrected chi connectivity index (χ3v) is 4.15. The number of hydrogen-bond acceptors (Lipinski definition) is 4. The van der Waals surface area contributed by atoms with Gasteiger partial charge >= 0.3 is 5.97 Å². The summed E-state index contributed by atoms with van der Waals surface area (Å²) in [5.41, 5.74) is 0.996. The Hall–Kier alpha value is -2.41. The van der Waals surface area contributed by atoms with E-state index in [4.69, 9.17) is 9.84 Å². The highest BCUT2D eigenvalue weighted by Crippen LogP contribution is 2.13. The van der Waals surface area contributed by atoms with Crippen LogP contribution in [0.25, 0.3) is 0 Å². The Morgan fingerprint density at radius 2 is 1.92 bits per heavy atom. The topological polar surface area (TPSA) is 87.2 Å². The van der Waals surface area contributed by atoms with Crippen molar-refractivity contribution in [2.24, 2.45) is 0 Å². The van der Waals surface area contributed by atoms with Crippen LogP contribution >= 0.6 is 0 Å². The molecule has 7 nitrogen and oxygen atoms in total. The summed E-state index contributed by atoms with van der Waals surface area (Å²) in [6.07, 6.45) is -1.17. The van der Waals surface area contributed by atoms with Crippen molar-refractivity contribution in [2.45, 2.75) is 39.0 Å². The van der Waals surface area contributed by atoms with Crippen molar-refractivity contribution in [1.82, 2.24) is 9.80 Å². The molecular formula is C18H24N2O5. The molecule has 0 spiro atoms. The van der Waals surface area contributed by atoms with Gasteiger partial charge in [-0.1, -0.05) is 30.3 Å². The van der Waals surface area contributed by atoms with Gasteiger partial charge in [-0.2, -0.15) is 0 Å². The van der Waals surface area contributed by atoms with Gasteiger partial charge in [-0.25, -0.2) is 4.79 Å². The molecule has 1 aliphatic rings. The summed E-state index contributed by atoms with van der Waals surface area (Å²) in [7, 11) is 0. The average Bonchev–Trinajstić information content (AvgIpc) is 2.58. The van der Waals surface area contributed by atoms with E-state index in [-0.39, 0.29) is 30.9 Å². The van der Waals surface area contributed by atoms with Crippen molar-refractivity contribution in [3.63, 3.8) is 0 Å². The second-order valence-corrected chi connectivity index (χ2v) is 6.25. The largest absolute Gasteiger partial charge is 0.479 e. The van der Waals surface area contributed by atoms with Crippen LogP contribution in [-0.4, -0.2) is 64.5 Å². The lowest BCUT2D eigenvalue weighted by Crippen LogP contribution is -2.52. The molecule has 2 atom stereocenters. The van der Waals surface area contributed by atoms with E-state index >= 15 is 0 Å². The molecule has 1 fully saturated rings. The van der Waals surface area contributed by atoms with E-state index < -0.39 is 12.1 Å². The van der Waals surface area contributed by atoms with Crippen LogP contribution in [0.15, 0.2) is 30.3 Å². The smallest absolute Gasteiger partial charge is 0.334 e. The first-order chi connectivity index (χ1) is 11.9. The predicted octanol–water partition coefficient (Wildman–Crippen LogP) is 1.13. The molecule has 25 heavy (non-hydrogen) atoms. The molecule has 7 heteroatoms. The number of morpholine rings is 1. The van der Waals surface area contributed by atoms with Crippen LogP contribution in [0.2, 0.25) is 0 Å². The second-order valence-electron chi connectivity index (χ2n) is 6.25. The number of rotatable bonds is 6. The molecule has 0 radical (unpaired) electrons. The van der Waals surface area contributed by atoms with Crippen LogP contribution in [0.1, 0.15) is 25.8 Å². The molecule has 2 amide bonds. The van der Waals surface area contributed by atoms with Crippen molar-refractivity contribution in [3.8, 4) is 0 Å². The first kappa shape index (κ1) is 18.9. The molecule has 1 aliphatic heterocycles. The summed E-state index contributed by atoms with van der Waals surface area (Å²) >= 11 is 0. The molecule has 1 unspecified atom stereocenters. The highest BCUT2D eigenvalue weighted by atomic mass is 16.5. The lowest BCUT2D eigenvalue weighted by molar-refractivity contribution is -0.166. The van der Waals surface area contributed by atoms with Crippen molar-refractivity contribution in [2.75, 3.05) is 19.6 Å². The number of carboxylic acid groups (broad SMARTS) is 1. The maximum atomic E-state index is 12.4. The van der Waals surface area contributed by atoms with Crippen molar-refractivity contribution in [1.29, 1.82) is 0 Å². The van der Waals surface area contributed by atoms with Crippen molar-refractivity contribution < 1.29 is 24.2 Å². The maximum Gasteiger partial charge on any atom is 0.334 e. The number of benzene rings is 1. The molecular weight excluding hydrogens is 324 g/mol. The average molecular weight is 348 g/mol. The quantitative estimate of drug-likeness (QED) is 0.833. The summed E-state index contributed by atoms with van der Waals surface area (Å²) in [6.45, 7) is 4.36. The molecule has 1 aromatic carbocycles. The zero-order valence-electron chi connectivity index (χ0n) is 14.6. The van der Waals surface area contributed by atoms with E-state index in [0.717, 1.165) is 5.56 Å². The summed E-state index contributed by atoms with van der Waals surface area (Å²) in [6, 6.07) is 9.57. The second kappa shape index (κ2) is 8.62. The fraction of sp³-hybridized carbons (Fsp3) is 0.500. The summed E-state index contributed by atoms with van der Waals surface area (Å²) in [5, 5.41) is 9.09. The molecule has 0 aliphatic carbocycles. The van der Waals surface area contributed by atoms with Gasteiger partial charge in [-0.05, 0) is 12.5 Å². The first-order valence-corrected chi connectivity index (χ1v) is 8.32. The molecule has 1 saturated heterocycles. The Labute approximate surface area is 147 Å². The van der Waals surface area contributed by atoms with Gasteiger partial charge in [0.2, 0.25) is 11.8 Å². The van der Waals surface area contributed by atoms with Gasteiger partial charge in [0.05, 0.1) is 12.6 Å². The Balaban J connectivity index is 1.92. The number of carbonyl (C=O) groups is 3. The molecule has 1 heterocycles. The van der Waals surface area contributed by atoms with E-state index in [9.17, 15) is 14.4 Å². The van der Waals surface area contributed by atoms with Crippen molar-refractivity contribution >= 4 is 17.8 Å². The normalized spacial score (nSPS) is 20.2. The lowest BCUT2D eigenvalue weighted by Gasteiger charge is -2.35. The van der Waals surface area contributed by atoms with Gasteiger partial charge in [0.1, 0.15) is 0 Å². The number of carbonyl (C=O) groups excluding carboxylic acids is 2. The van der Waals surface area contributed by atoms with Crippen LogP contribution in [0, 0.1) is 0 Å². The minimum absolute atomic E-state index is 0.0390. The van der Waals surface area contributed by atoms with Gasteiger partial charge in [0, 0.05) is 33.0 Å². The van der Waals surface area contributed by atoms with Crippen LogP contribution in [0.3, 0.4) is 0 Å². The zero-order chi connectivity index (χ0) is 18.4. The molecule has 136 valence electrons. The van der Waals surface area contributed by atoms with E-state index in [1.165, 1.54) is 11.8 Å². The van der Waals surface area contributed by atoms with Crippen LogP contribution in [0.4, 0.5) is 0 Å². The summed E-state index contributed by atoms with van der Waals surface area (Å²) < 4.78 is 5.31. The molecule has 1 N–H and O–H groups in total. The number of aliphatic carboxylic acids is 1. The van der Waals surface area contributed by atoms with Gasteiger partial charge in [-0.3, -0.25) is 9.59 Å². The van der Waals surface area contributed by atoms with Gasteiger partial charge in [0.15, 0.2) is 6.10 Å². The van der Waals surface area contributed by atoms with Gasteiger partial charge in [-0.15, -0.1) is 0 Å². The predicted molar refractivity (Wildman–Crippen MR) is 90.7 cm³/mol. The molecule has 0 aromatic heterocycles. The van der Waals surface area contributed by atoms with E-state index in [1.807, 2.05) is 30.3 Å². The summed E-state index contributed by atoms with van der Waals surface area (Å²) in [4.78, 5) is 38.5. The third kappa shape index (κ3) is 5.56. The number of amides is 2. The first-order valence-electron chi connectivity index (χ1n) is 8.32. The Morgan fingerprint density at radius 1 is 1.24 bits per heavy atom. The Morgan fingerprint density at radius 3 is 2.52 bits per heavy atom. The minimum atomic E-state index is -1.07. The van der Waals surface area contributed by atoms with E-state index in [1.54, 1.807) is 11.8 Å². The maximum absolute atomic E-state index is 12.4. The Bertz CT molecular complexity index is 619. The van der Waals surface area contributed by atoms with E-state index in [2.05, 4.69) is 0 Å². The number of ether oxygens (including phenoxy) is 1. The van der Waals surface area contributed by atoms with E-state index in [0.29, 0.717) is 19.6 Å². The lowest BCUT2D eigenvalue weighted by atomic mass is 10.2. The van der Waals surface area contributed by atoms with Crippen LogP contribution in [-0.2, 0) is 25.7 Å². The monoisotopic (exact) mass is 348 g/mol. The fourth-order valence-electron chi connectivity index (χ4n) is 2.83. The zero-order valence-corrected chi connectivity index (χ0v) is 14.6. The van der Waals surface area contributed by atoms with Gasteiger partial charge in [0.25, 0.3) is 0 Å². The molecule has 0 bridgehead atoms. The van der Waals surface area contributed by atoms with Crippen molar-refractivity contribution in [3.05, 3.63) is 35.9 Å². The molecule has 2 rings (SSSR count). The van der Waals surface area contributed by atoms with Gasteiger partial charge < -0.3 is 19.6 Å². The molecule has 0 saturated carbocycles. The number of carboxylic acids is 1. The fourth-order valence-corrected chi connectivity index (χ4v) is 2.83. The SMILES string of the molecule is CC(=O)N(CCC(=O)N1CC(C(=O)O)O[C@H](C)C1)Cc1ccccc1. The standard InChI is InChI=1S/C18H24N2O5/c1-13-10-20(12-16(25-13)18(23)24)17(22)8-9-19(14(2)21)11-15-6-4-3-5-7-15/h3-7,13,16H,8-12H2,1-2H3,(H,23,24)/t13-,16?/m1/s1. The highest BCUT2D eigenvalue weighted by molar-refractivity contribution is 5.80. The minimum Gasteiger partial charge on any atom is -0.479 e. The number of nitrogens with zero attached hydrogens (tertiary/aromatic N) is 2. The van der Waals surface area contributed by atoms with Crippen LogP contribution < -0.4 is 0 Å². The summed E-state index contributed by atoms with van der Waals surface area (Å²) in [5.74, 6) is -1.34.